The SMILES string of the molecule is COC(=O)/C=C/C=C\C(C)=O.O=C(O)/C=C\C=C\C(=O)O.O=S(=O)(O)O. The summed E-state index contributed by atoms with van der Waals surface area (Å²) in [5.74, 6) is -2.69. The molecule has 4 N–H and O–H groups in total. The maximum absolute atomic E-state index is 10.4. The number of carboxylic acid groups (broad SMARTS) is 2. The standard InChI is InChI=1S/C8H10O3.C6H6O4.H2O4S/c1-7(9)5-3-4-6-8(10)11-2;7-5(8)3-1-2-4-6(9)10;1-5(2,3)4/h3-6H,1-2H3;1-4H,(H,7,8)(H,9,10);(H2,1,2,3,4)/b5-3-,6-4+;3-1-,4-2+;. The van der Waals surface area contributed by atoms with E-state index in [1.807, 2.05) is 0 Å². The van der Waals surface area contributed by atoms with Gasteiger partial charge in [-0.3, -0.25) is 13.9 Å². The van der Waals surface area contributed by atoms with Crippen LogP contribution in [0.15, 0.2) is 48.6 Å². The van der Waals surface area contributed by atoms with E-state index in [9.17, 15) is 19.2 Å². The molecular weight excluding hydrogens is 376 g/mol. The van der Waals surface area contributed by atoms with Crippen molar-refractivity contribution in [2.45, 2.75) is 6.92 Å². The average molecular weight is 394 g/mol. The van der Waals surface area contributed by atoms with Gasteiger partial charge in [-0.2, -0.15) is 8.42 Å². The van der Waals surface area contributed by atoms with Crippen LogP contribution in [-0.4, -0.2) is 58.5 Å². The number of ketones is 1. The smallest absolute Gasteiger partial charge is 0.394 e. The predicted octanol–water partition coefficient (Wildman–Crippen LogP) is 0.476. The van der Waals surface area contributed by atoms with E-state index in [-0.39, 0.29) is 5.78 Å². The van der Waals surface area contributed by atoms with Crippen LogP contribution >= 0.6 is 0 Å². The van der Waals surface area contributed by atoms with Crippen molar-refractivity contribution < 1.29 is 51.7 Å². The van der Waals surface area contributed by atoms with Gasteiger partial charge in [-0.25, -0.2) is 14.4 Å². The summed E-state index contributed by atoms with van der Waals surface area (Å²) in [6.45, 7) is 1.43. The van der Waals surface area contributed by atoms with E-state index in [0.29, 0.717) is 0 Å². The Morgan fingerprint density at radius 1 is 0.769 bits per heavy atom. The first-order chi connectivity index (χ1) is 11.8. The molecule has 12 heteroatoms. The van der Waals surface area contributed by atoms with Crippen molar-refractivity contribution in [3.05, 3.63) is 48.6 Å². The van der Waals surface area contributed by atoms with Crippen molar-refractivity contribution in [1.82, 2.24) is 0 Å². The Balaban J connectivity index is -0.000000327. The minimum absolute atomic E-state index is 0.0560. The zero-order chi connectivity index (χ0) is 21.2. The van der Waals surface area contributed by atoms with E-state index in [4.69, 9.17) is 27.7 Å². The Hall–Kier alpha value is -3.09. The van der Waals surface area contributed by atoms with Gasteiger partial charge in [0.2, 0.25) is 0 Å². The van der Waals surface area contributed by atoms with E-state index < -0.39 is 28.3 Å². The van der Waals surface area contributed by atoms with Gasteiger partial charge >= 0.3 is 28.3 Å². The first-order valence-corrected chi connectivity index (χ1v) is 7.63. The summed E-state index contributed by atoms with van der Waals surface area (Å²) in [5.41, 5.74) is 0. The normalized spacial score (nSPS) is 10.9. The molecule has 0 aromatic heterocycles. The summed E-state index contributed by atoms with van der Waals surface area (Å²) in [7, 11) is -3.37. The minimum atomic E-state index is -4.67. The number of methoxy groups -OCH3 is 1. The first kappa shape index (κ1) is 27.7. The van der Waals surface area contributed by atoms with Gasteiger partial charge in [-0.15, -0.1) is 0 Å². The van der Waals surface area contributed by atoms with Gasteiger partial charge in [0.15, 0.2) is 5.78 Å². The summed E-state index contributed by atoms with van der Waals surface area (Å²) in [6.07, 6.45) is 9.50. The molecule has 0 saturated carbocycles. The lowest BCUT2D eigenvalue weighted by molar-refractivity contribution is -0.135. The predicted molar refractivity (Wildman–Crippen MR) is 88.7 cm³/mol. The largest absolute Gasteiger partial charge is 0.478 e. The molecule has 0 heterocycles. The fraction of sp³-hybridized carbons (Fsp3) is 0.143. The van der Waals surface area contributed by atoms with Crippen LogP contribution in [0.5, 0.6) is 0 Å². The highest BCUT2D eigenvalue weighted by molar-refractivity contribution is 7.79. The lowest BCUT2D eigenvalue weighted by Gasteiger charge is -1.85. The van der Waals surface area contributed by atoms with Gasteiger partial charge in [0.05, 0.1) is 7.11 Å². The maximum Gasteiger partial charge on any atom is 0.394 e. The van der Waals surface area contributed by atoms with Gasteiger partial charge in [0.1, 0.15) is 0 Å². The molecular formula is C14H18O11S. The summed E-state index contributed by atoms with van der Waals surface area (Å²) in [6, 6.07) is 0. The molecule has 146 valence electrons. The molecule has 0 bridgehead atoms. The third-order valence-corrected chi connectivity index (χ3v) is 1.46. The molecule has 0 aromatic carbocycles. The monoisotopic (exact) mass is 394 g/mol. The second kappa shape index (κ2) is 16.8. The van der Waals surface area contributed by atoms with Crippen LogP contribution in [0, 0.1) is 0 Å². The van der Waals surface area contributed by atoms with Crippen LogP contribution in [0.4, 0.5) is 0 Å². The molecule has 0 aromatic rings. The lowest BCUT2D eigenvalue weighted by atomic mass is 10.3. The van der Waals surface area contributed by atoms with Crippen molar-refractivity contribution in [2.75, 3.05) is 7.11 Å². The number of carboxylic acids is 2. The highest BCUT2D eigenvalue weighted by atomic mass is 32.3. The van der Waals surface area contributed by atoms with Crippen molar-refractivity contribution in [3.8, 4) is 0 Å². The summed E-state index contributed by atoms with van der Waals surface area (Å²) < 4.78 is 35.9. The Morgan fingerprint density at radius 2 is 1.08 bits per heavy atom. The van der Waals surface area contributed by atoms with Crippen molar-refractivity contribution >= 4 is 34.1 Å². The van der Waals surface area contributed by atoms with Gasteiger partial charge in [-0.1, -0.05) is 24.3 Å². The molecule has 0 spiro atoms. The molecule has 11 nitrogen and oxygen atoms in total. The Kier molecular flexibility index (Phi) is 17.9. The molecule has 0 aliphatic heterocycles. The Labute approximate surface area is 149 Å². The summed E-state index contributed by atoms with van der Waals surface area (Å²) in [5, 5.41) is 16.0. The van der Waals surface area contributed by atoms with Gasteiger partial charge in [0.25, 0.3) is 0 Å². The van der Waals surface area contributed by atoms with Crippen molar-refractivity contribution in [1.29, 1.82) is 0 Å². The first-order valence-electron chi connectivity index (χ1n) is 6.23. The fourth-order valence-corrected chi connectivity index (χ4v) is 0.669. The molecule has 0 fully saturated rings. The number of ether oxygens (including phenoxy) is 1. The quantitative estimate of drug-likeness (QED) is 0.212. The average Bonchev–Trinajstić information content (AvgIpc) is 2.46. The number of aliphatic carboxylic acids is 2. The fourth-order valence-electron chi connectivity index (χ4n) is 0.669. The second-order valence-electron chi connectivity index (χ2n) is 3.69. The van der Waals surface area contributed by atoms with Crippen LogP contribution in [0.1, 0.15) is 6.92 Å². The molecule has 0 aliphatic carbocycles. The number of hydrogen-bond donors (Lipinski definition) is 4. The Morgan fingerprint density at radius 3 is 1.35 bits per heavy atom. The van der Waals surface area contributed by atoms with Crippen molar-refractivity contribution in [2.24, 2.45) is 0 Å². The van der Waals surface area contributed by atoms with E-state index in [1.165, 1.54) is 38.3 Å². The van der Waals surface area contributed by atoms with Crippen LogP contribution in [-0.2, 0) is 34.3 Å². The summed E-state index contributed by atoms with van der Waals surface area (Å²) in [4.78, 5) is 40.3. The number of hydrogen-bond acceptors (Lipinski definition) is 7. The molecule has 0 amide bonds. The molecule has 26 heavy (non-hydrogen) atoms. The highest BCUT2D eigenvalue weighted by Gasteiger charge is 1.87. The van der Waals surface area contributed by atoms with Crippen molar-refractivity contribution in [3.63, 3.8) is 0 Å². The minimum Gasteiger partial charge on any atom is -0.478 e. The van der Waals surface area contributed by atoms with Crippen LogP contribution in [0.25, 0.3) is 0 Å². The van der Waals surface area contributed by atoms with Gasteiger partial charge in [0, 0.05) is 18.2 Å². The zero-order valence-corrected chi connectivity index (χ0v) is 14.5. The topological polar surface area (TPSA) is 193 Å². The second-order valence-corrected chi connectivity index (χ2v) is 4.59. The third kappa shape index (κ3) is 49.7. The number of carbonyl (C=O) groups excluding carboxylic acids is 2. The zero-order valence-electron chi connectivity index (χ0n) is 13.7. The number of rotatable bonds is 6. The number of allylic oxidation sites excluding steroid dienone is 5. The van der Waals surface area contributed by atoms with Crippen LogP contribution in [0.3, 0.4) is 0 Å². The van der Waals surface area contributed by atoms with E-state index in [0.717, 1.165) is 24.3 Å². The van der Waals surface area contributed by atoms with E-state index in [2.05, 4.69) is 4.74 Å². The Bertz CT molecular complexity index is 652. The molecule has 0 rings (SSSR count). The maximum atomic E-state index is 10.4. The van der Waals surface area contributed by atoms with Crippen LogP contribution in [0.2, 0.25) is 0 Å². The highest BCUT2D eigenvalue weighted by Crippen LogP contribution is 1.81. The van der Waals surface area contributed by atoms with Gasteiger partial charge in [-0.05, 0) is 13.0 Å². The lowest BCUT2D eigenvalue weighted by Crippen LogP contribution is -1.92. The van der Waals surface area contributed by atoms with E-state index in [1.54, 1.807) is 0 Å². The molecule has 0 radical (unpaired) electrons. The molecule has 0 unspecified atom stereocenters. The third-order valence-electron chi connectivity index (χ3n) is 1.46. The molecule has 0 aliphatic rings. The molecule has 0 atom stereocenters. The number of esters is 1. The van der Waals surface area contributed by atoms with Gasteiger partial charge < -0.3 is 14.9 Å². The summed E-state index contributed by atoms with van der Waals surface area (Å²) >= 11 is 0. The molecule has 0 saturated heterocycles. The van der Waals surface area contributed by atoms with Crippen LogP contribution < -0.4 is 0 Å². The number of carbonyl (C=O) groups is 4. The van der Waals surface area contributed by atoms with E-state index >= 15 is 0 Å².